The van der Waals surface area contributed by atoms with Gasteiger partial charge < -0.3 is 19.1 Å². The Balaban J connectivity index is 1.13. The van der Waals surface area contributed by atoms with Crippen LogP contribution in [0, 0.1) is 5.92 Å². The van der Waals surface area contributed by atoms with Gasteiger partial charge in [0.25, 0.3) is 0 Å². The van der Waals surface area contributed by atoms with Crippen LogP contribution in [-0.2, 0) is 11.3 Å². The maximum atomic E-state index is 13.3. The largest absolute Gasteiger partial charge is 0.497 e. The number of ether oxygens (including phenoxy) is 1. The number of likely N-dealkylation sites (tertiary alicyclic amines) is 1. The van der Waals surface area contributed by atoms with Crippen molar-refractivity contribution in [3.05, 3.63) is 47.7 Å². The van der Waals surface area contributed by atoms with Crippen molar-refractivity contribution >= 4 is 22.9 Å². The number of benzene rings is 1. The molecule has 174 valence electrons. The molecule has 8 nitrogen and oxygen atoms in total. The number of amides is 1. The maximum absolute atomic E-state index is 13.3. The van der Waals surface area contributed by atoms with E-state index in [1.165, 1.54) is 5.69 Å². The summed E-state index contributed by atoms with van der Waals surface area (Å²) in [5, 5.41) is 6.11. The van der Waals surface area contributed by atoms with Gasteiger partial charge in [0.05, 0.1) is 24.4 Å². The summed E-state index contributed by atoms with van der Waals surface area (Å²) in [5.74, 6) is 2.42. The van der Waals surface area contributed by atoms with E-state index in [0.29, 0.717) is 18.3 Å². The van der Waals surface area contributed by atoms with Crippen LogP contribution in [0.4, 0.5) is 5.69 Å². The number of carbonyl (C=O) groups excluding carboxylic acids is 1. The molecule has 4 heterocycles. The van der Waals surface area contributed by atoms with E-state index in [0.717, 1.165) is 62.7 Å². The van der Waals surface area contributed by atoms with Crippen LogP contribution >= 0.6 is 11.3 Å². The molecule has 0 bridgehead atoms. The van der Waals surface area contributed by atoms with Gasteiger partial charge in [0.2, 0.25) is 17.6 Å². The highest BCUT2D eigenvalue weighted by atomic mass is 32.1. The third-order valence-electron chi connectivity index (χ3n) is 6.45. The highest BCUT2D eigenvalue weighted by Crippen LogP contribution is 2.25. The number of carbonyl (C=O) groups is 1. The van der Waals surface area contributed by atoms with Crippen LogP contribution in [0.5, 0.6) is 5.75 Å². The predicted molar refractivity (Wildman–Crippen MR) is 127 cm³/mol. The van der Waals surface area contributed by atoms with Crippen LogP contribution in [0.15, 0.2) is 46.3 Å². The molecule has 5 rings (SSSR count). The highest BCUT2D eigenvalue weighted by Gasteiger charge is 2.31. The topological polar surface area (TPSA) is 74.9 Å². The highest BCUT2D eigenvalue weighted by molar-refractivity contribution is 7.13. The molecule has 0 spiro atoms. The van der Waals surface area contributed by atoms with E-state index in [9.17, 15) is 4.79 Å². The second-order valence-corrected chi connectivity index (χ2v) is 9.52. The fourth-order valence-electron chi connectivity index (χ4n) is 4.65. The first-order valence-electron chi connectivity index (χ1n) is 11.5. The summed E-state index contributed by atoms with van der Waals surface area (Å²) < 4.78 is 10.7. The number of hydrogen-bond donors (Lipinski definition) is 0. The molecule has 1 atom stereocenters. The van der Waals surface area contributed by atoms with Crippen LogP contribution in [0.25, 0.3) is 10.7 Å². The molecule has 3 aromatic rings. The molecule has 0 N–H and O–H groups in total. The van der Waals surface area contributed by atoms with Gasteiger partial charge in [0.15, 0.2) is 0 Å². The zero-order chi connectivity index (χ0) is 22.6. The van der Waals surface area contributed by atoms with Crippen LogP contribution in [0.3, 0.4) is 0 Å². The number of piperidine rings is 1. The quantitative estimate of drug-likeness (QED) is 0.550. The summed E-state index contributed by atoms with van der Waals surface area (Å²) in [4.78, 5) is 25.4. The van der Waals surface area contributed by atoms with E-state index < -0.39 is 0 Å². The molecule has 1 unspecified atom stereocenters. The summed E-state index contributed by atoms with van der Waals surface area (Å²) >= 11 is 1.60. The van der Waals surface area contributed by atoms with E-state index in [-0.39, 0.29) is 11.8 Å². The zero-order valence-corrected chi connectivity index (χ0v) is 19.7. The lowest BCUT2D eigenvalue weighted by Gasteiger charge is -2.39. The Labute approximate surface area is 197 Å². The molecular weight excluding hydrogens is 438 g/mol. The standard InChI is InChI=1S/C24H29N5O3S/c1-31-20-8-6-19(7-9-20)28-11-13-29(14-12-28)24(30)18-4-2-10-27(16-18)17-22-25-23(26-32-22)21-5-3-15-33-21/h3,5-9,15,18H,2,4,10-14,16-17H2,1H3. The maximum Gasteiger partial charge on any atom is 0.241 e. The minimum absolute atomic E-state index is 0.0333. The molecule has 1 amide bonds. The van der Waals surface area contributed by atoms with Crippen molar-refractivity contribution in [2.75, 3.05) is 51.3 Å². The summed E-state index contributed by atoms with van der Waals surface area (Å²) in [6.07, 6.45) is 1.95. The van der Waals surface area contributed by atoms with Crippen molar-refractivity contribution in [3.8, 4) is 16.5 Å². The average molecular weight is 468 g/mol. The SMILES string of the molecule is COc1ccc(N2CCN(C(=O)C3CCCN(Cc4nc(-c5cccs5)no4)C3)CC2)cc1. The smallest absolute Gasteiger partial charge is 0.241 e. The summed E-state index contributed by atoms with van der Waals surface area (Å²) in [7, 11) is 1.68. The molecule has 2 saturated heterocycles. The number of piperazine rings is 1. The van der Waals surface area contributed by atoms with Gasteiger partial charge in [-0.05, 0) is 55.1 Å². The van der Waals surface area contributed by atoms with E-state index in [1.807, 2.05) is 34.5 Å². The third-order valence-corrected chi connectivity index (χ3v) is 7.32. The van der Waals surface area contributed by atoms with Crippen molar-refractivity contribution < 1.29 is 14.1 Å². The zero-order valence-electron chi connectivity index (χ0n) is 18.9. The number of anilines is 1. The minimum Gasteiger partial charge on any atom is -0.497 e. The van der Waals surface area contributed by atoms with E-state index in [4.69, 9.17) is 9.26 Å². The molecular formula is C24H29N5O3S. The van der Waals surface area contributed by atoms with E-state index >= 15 is 0 Å². The van der Waals surface area contributed by atoms with Gasteiger partial charge in [-0.1, -0.05) is 11.2 Å². The molecule has 2 aliphatic heterocycles. The fourth-order valence-corrected chi connectivity index (χ4v) is 5.30. The Hall–Kier alpha value is -2.91. The number of aromatic nitrogens is 2. The van der Waals surface area contributed by atoms with Gasteiger partial charge in [-0.2, -0.15) is 4.98 Å². The number of methoxy groups -OCH3 is 1. The first-order valence-corrected chi connectivity index (χ1v) is 12.3. The monoisotopic (exact) mass is 467 g/mol. The molecule has 2 fully saturated rings. The lowest BCUT2D eigenvalue weighted by molar-refractivity contribution is -0.137. The number of nitrogens with zero attached hydrogens (tertiary/aromatic N) is 5. The van der Waals surface area contributed by atoms with Gasteiger partial charge in [-0.15, -0.1) is 11.3 Å². The lowest BCUT2D eigenvalue weighted by Crippen LogP contribution is -2.52. The normalized spacial score (nSPS) is 19.6. The molecule has 2 aliphatic rings. The molecule has 33 heavy (non-hydrogen) atoms. The molecule has 2 aromatic heterocycles. The number of rotatable bonds is 6. The van der Waals surface area contributed by atoms with Crippen LogP contribution in [0.1, 0.15) is 18.7 Å². The fraction of sp³-hybridized carbons (Fsp3) is 0.458. The van der Waals surface area contributed by atoms with Gasteiger partial charge in [0, 0.05) is 38.4 Å². The van der Waals surface area contributed by atoms with Crippen LogP contribution in [0.2, 0.25) is 0 Å². The Morgan fingerprint density at radius 1 is 1.15 bits per heavy atom. The second-order valence-electron chi connectivity index (χ2n) is 8.57. The summed E-state index contributed by atoms with van der Waals surface area (Å²) in [6.45, 7) is 5.50. The van der Waals surface area contributed by atoms with Crippen LogP contribution < -0.4 is 9.64 Å². The van der Waals surface area contributed by atoms with Crippen molar-refractivity contribution in [1.82, 2.24) is 19.9 Å². The number of hydrogen-bond acceptors (Lipinski definition) is 8. The second kappa shape index (κ2) is 9.93. The first kappa shape index (κ1) is 21.9. The molecule has 9 heteroatoms. The molecule has 1 aromatic carbocycles. The van der Waals surface area contributed by atoms with Crippen molar-refractivity contribution in [2.24, 2.45) is 5.92 Å². The van der Waals surface area contributed by atoms with Gasteiger partial charge in [-0.3, -0.25) is 9.69 Å². The Morgan fingerprint density at radius 3 is 2.70 bits per heavy atom. The Morgan fingerprint density at radius 2 is 1.97 bits per heavy atom. The van der Waals surface area contributed by atoms with E-state index in [2.05, 4.69) is 32.1 Å². The van der Waals surface area contributed by atoms with Crippen molar-refractivity contribution in [3.63, 3.8) is 0 Å². The minimum atomic E-state index is 0.0333. The number of thiophene rings is 1. The molecule has 0 radical (unpaired) electrons. The third kappa shape index (κ3) is 5.04. The Kier molecular flexibility index (Phi) is 6.59. The van der Waals surface area contributed by atoms with Crippen LogP contribution in [-0.4, -0.2) is 72.2 Å². The average Bonchev–Trinajstić information content (AvgIpc) is 3.56. The molecule has 0 saturated carbocycles. The van der Waals surface area contributed by atoms with Gasteiger partial charge >= 0.3 is 0 Å². The van der Waals surface area contributed by atoms with Crippen molar-refractivity contribution in [1.29, 1.82) is 0 Å². The Bertz CT molecular complexity index is 1040. The molecule has 0 aliphatic carbocycles. The van der Waals surface area contributed by atoms with E-state index in [1.54, 1.807) is 18.4 Å². The summed E-state index contributed by atoms with van der Waals surface area (Å²) in [6, 6.07) is 12.1. The van der Waals surface area contributed by atoms with Gasteiger partial charge in [-0.25, -0.2) is 0 Å². The van der Waals surface area contributed by atoms with Gasteiger partial charge in [0.1, 0.15) is 5.75 Å². The first-order chi connectivity index (χ1) is 16.2. The predicted octanol–water partition coefficient (Wildman–Crippen LogP) is 3.37. The lowest BCUT2D eigenvalue weighted by atomic mass is 9.96. The summed E-state index contributed by atoms with van der Waals surface area (Å²) in [5.41, 5.74) is 1.17. The van der Waals surface area contributed by atoms with Crippen molar-refractivity contribution in [2.45, 2.75) is 19.4 Å².